The van der Waals surface area contributed by atoms with E-state index in [1.54, 1.807) is 9.80 Å². The van der Waals surface area contributed by atoms with Gasteiger partial charge in [-0.1, -0.05) is 0 Å². The number of alkyl halides is 3. The number of H-pyrrole nitrogens is 1. The highest BCUT2D eigenvalue weighted by Gasteiger charge is 2.34. The number of benzene rings is 2. The Labute approximate surface area is 182 Å². The van der Waals surface area contributed by atoms with Crippen LogP contribution in [0, 0.1) is 20.2 Å². The SMILES string of the molecule is O=c1[nH]cnc2cc(N3CCN(c4ccc(C(F)(F)F)cc4[N+](=O)[O-])CC3)c([N+](=O)[O-])cc12. The van der Waals surface area contributed by atoms with Crippen LogP contribution in [-0.2, 0) is 6.18 Å². The van der Waals surface area contributed by atoms with Gasteiger partial charge in [-0.2, -0.15) is 13.2 Å². The molecule has 1 aliphatic rings. The summed E-state index contributed by atoms with van der Waals surface area (Å²) in [7, 11) is 0. The van der Waals surface area contributed by atoms with E-state index in [9.17, 15) is 38.2 Å². The Morgan fingerprint density at radius 3 is 2.06 bits per heavy atom. The lowest BCUT2D eigenvalue weighted by molar-refractivity contribution is -0.384. The van der Waals surface area contributed by atoms with Crippen LogP contribution < -0.4 is 15.4 Å². The van der Waals surface area contributed by atoms with Crippen molar-refractivity contribution in [1.29, 1.82) is 0 Å². The van der Waals surface area contributed by atoms with E-state index >= 15 is 0 Å². The molecule has 1 fully saturated rings. The molecule has 0 radical (unpaired) electrons. The number of hydrogen-bond acceptors (Lipinski definition) is 8. The number of nitro benzene ring substituents is 2. The van der Waals surface area contributed by atoms with Crippen LogP contribution in [0.4, 0.5) is 35.9 Å². The van der Waals surface area contributed by atoms with Gasteiger partial charge >= 0.3 is 6.18 Å². The maximum Gasteiger partial charge on any atom is 0.416 e. The van der Waals surface area contributed by atoms with Gasteiger partial charge in [-0.3, -0.25) is 25.0 Å². The van der Waals surface area contributed by atoms with Crippen molar-refractivity contribution >= 4 is 33.7 Å². The molecule has 14 heteroatoms. The summed E-state index contributed by atoms with van der Waals surface area (Å²) < 4.78 is 38.9. The van der Waals surface area contributed by atoms with Crippen LogP contribution in [0.1, 0.15) is 5.56 Å². The molecule has 0 bridgehead atoms. The summed E-state index contributed by atoms with van der Waals surface area (Å²) in [5.41, 5.74) is -2.07. The van der Waals surface area contributed by atoms with Gasteiger partial charge in [0.25, 0.3) is 16.9 Å². The first-order chi connectivity index (χ1) is 15.6. The Morgan fingerprint density at radius 1 is 0.909 bits per heavy atom. The molecule has 4 rings (SSSR count). The van der Waals surface area contributed by atoms with Crippen molar-refractivity contribution in [3.63, 3.8) is 0 Å². The molecule has 1 saturated heterocycles. The van der Waals surface area contributed by atoms with Crippen LogP contribution >= 0.6 is 0 Å². The molecule has 1 aromatic heterocycles. The fraction of sp³-hybridized carbons (Fsp3) is 0.263. The van der Waals surface area contributed by atoms with Crippen LogP contribution in [0.3, 0.4) is 0 Å². The van der Waals surface area contributed by atoms with E-state index < -0.39 is 32.8 Å². The summed E-state index contributed by atoms with van der Waals surface area (Å²) in [6.45, 7) is 0.746. The Morgan fingerprint density at radius 2 is 1.48 bits per heavy atom. The number of piperazine rings is 1. The Balaban J connectivity index is 1.63. The minimum atomic E-state index is -4.72. The molecular weight excluding hydrogens is 449 g/mol. The van der Waals surface area contributed by atoms with Gasteiger partial charge < -0.3 is 14.8 Å². The van der Waals surface area contributed by atoms with E-state index in [1.807, 2.05) is 0 Å². The number of aromatic nitrogens is 2. The molecule has 3 aromatic rings. The van der Waals surface area contributed by atoms with E-state index in [4.69, 9.17) is 0 Å². The summed E-state index contributed by atoms with van der Waals surface area (Å²) in [5, 5.41) is 23.1. The maximum atomic E-state index is 13.0. The summed E-state index contributed by atoms with van der Waals surface area (Å²) in [6.07, 6.45) is -3.53. The Hall–Kier alpha value is -4.23. The smallest absolute Gasteiger partial charge is 0.362 e. The first-order valence-electron chi connectivity index (χ1n) is 9.57. The lowest BCUT2D eigenvalue weighted by Crippen LogP contribution is -2.47. The highest BCUT2D eigenvalue weighted by molar-refractivity contribution is 5.87. The predicted molar refractivity (Wildman–Crippen MR) is 112 cm³/mol. The van der Waals surface area contributed by atoms with Gasteiger partial charge in [0.1, 0.15) is 11.4 Å². The Bertz CT molecular complexity index is 1320. The van der Waals surface area contributed by atoms with Gasteiger partial charge in [0.05, 0.1) is 32.6 Å². The molecule has 172 valence electrons. The summed E-state index contributed by atoms with van der Waals surface area (Å²) in [4.78, 5) is 43.1. The number of anilines is 2. The number of hydrogen-bond donors (Lipinski definition) is 1. The number of halogens is 3. The van der Waals surface area contributed by atoms with E-state index in [0.717, 1.165) is 18.2 Å². The Kier molecular flexibility index (Phi) is 5.35. The molecule has 0 amide bonds. The summed E-state index contributed by atoms with van der Waals surface area (Å²) >= 11 is 0. The molecule has 2 aromatic carbocycles. The van der Waals surface area contributed by atoms with Crippen molar-refractivity contribution in [1.82, 2.24) is 9.97 Å². The van der Waals surface area contributed by atoms with E-state index in [1.165, 1.54) is 12.4 Å². The van der Waals surface area contributed by atoms with Gasteiger partial charge in [-0.25, -0.2) is 4.98 Å². The van der Waals surface area contributed by atoms with Gasteiger partial charge in [0.15, 0.2) is 0 Å². The maximum absolute atomic E-state index is 13.0. The molecule has 1 aliphatic heterocycles. The predicted octanol–water partition coefficient (Wildman–Crippen LogP) is 3.08. The van der Waals surface area contributed by atoms with Crippen LogP contribution in [0.2, 0.25) is 0 Å². The fourth-order valence-electron chi connectivity index (χ4n) is 3.79. The second-order valence-electron chi connectivity index (χ2n) is 7.28. The molecular formula is C19H15F3N6O5. The standard InChI is InChI=1S/C19H15F3N6O5/c20-19(21,22)11-1-2-14(16(7-11)27(30)31)25-3-5-26(6-4-25)15-9-13-12(8-17(15)28(32)33)18(29)24-10-23-13/h1-2,7-10H,3-6H2,(H,23,24,29). The zero-order valence-corrected chi connectivity index (χ0v) is 16.7. The highest BCUT2D eigenvalue weighted by atomic mass is 19.4. The molecule has 1 N–H and O–H groups in total. The number of nitrogens with zero attached hydrogens (tertiary/aromatic N) is 5. The van der Waals surface area contributed by atoms with E-state index in [0.29, 0.717) is 6.07 Å². The normalized spacial score (nSPS) is 14.5. The molecule has 33 heavy (non-hydrogen) atoms. The second-order valence-corrected chi connectivity index (χ2v) is 7.28. The lowest BCUT2D eigenvalue weighted by atomic mass is 10.1. The third kappa shape index (κ3) is 4.14. The summed E-state index contributed by atoms with van der Waals surface area (Å²) in [6, 6.07) is 4.92. The van der Waals surface area contributed by atoms with Crippen LogP contribution in [0.5, 0.6) is 0 Å². The molecule has 0 unspecified atom stereocenters. The van der Waals surface area contributed by atoms with Crippen molar-refractivity contribution in [2.45, 2.75) is 6.18 Å². The van der Waals surface area contributed by atoms with Crippen molar-refractivity contribution in [2.75, 3.05) is 36.0 Å². The topological polar surface area (TPSA) is 139 Å². The van der Waals surface area contributed by atoms with Crippen molar-refractivity contribution < 1.29 is 23.0 Å². The van der Waals surface area contributed by atoms with Gasteiger partial charge in [0, 0.05) is 38.3 Å². The number of nitro groups is 2. The van der Waals surface area contributed by atoms with Gasteiger partial charge in [-0.05, 0) is 18.2 Å². The van der Waals surface area contributed by atoms with Gasteiger partial charge in [-0.15, -0.1) is 0 Å². The second kappa shape index (κ2) is 8.03. The number of nitrogens with one attached hydrogen (secondary N) is 1. The molecule has 11 nitrogen and oxygen atoms in total. The minimum Gasteiger partial charge on any atom is -0.362 e. The highest BCUT2D eigenvalue weighted by Crippen LogP contribution is 2.38. The molecule has 0 atom stereocenters. The first kappa shape index (κ1) is 22.0. The van der Waals surface area contributed by atoms with E-state index in [2.05, 4.69) is 9.97 Å². The number of rotatable bonds is 4. The summed E-state index contributed by atoms with van der Waals surface area (Å²) in [5.74, 6) is 0. The molecule has 2 heterocycles. The molecule has 0 saturated carbocycles. The zero-order chi connectivity index (χ0) is 23.9. The van der Waals surface area contributed by atoms with Crippen molar-refractivity contribution in [3.05, 3.63) is 72.8 Å². The van der Waals surface area contributed by atoms with Crippen LogP contribution in [0.25, 0.3) is 10.9 Å². The fourth-order valence-corrected chi connectivity index (χ4v) is 3.79. The minimum absolute atomic E-state index is 0.0360. The third-order valence-corrected chi connectivity index (χ3v) is 5.39. The largest absolute Gasteiger partial charge is 0.416 e. The first-order valence-corrected chi connectivity index (χ1v) is 9.57. The number of aromatic amines is 1. The number of fused-ring (bicyclic) bond motifs is 1. The third-order valence-electron chi connectivity index (χ3n) is 5.39. The monoisotopic (exact) mass is 464 g/mol. The average molecular weight is 464 g/mol. The molecule has 0 spiro atoms. The van der Waals surface area contributed by atoms with E-state index in [-0.39, 0.29) is 54.1 Å². The quantitative estimate of drug-likeness (QED) is 0.459. The lowest BCUT2D eigenvalue weighted by Gasteiger charge is -2.36. The van der Waals surface area contributed by atoms with Gasteiger partial charge in [0.2, 0.25) is 0 Å². The molecule has 0 aliphatic carbocycles. The van der Waals surface area contributed by atoms with Crippen molar-refractivity contribution in [2.24, 2.45) is 0 Å². The zero-order valence-electron chi connectivity index (χ0n) is 16.7. The van der Waals surface area contributed by atoms with Crippen LogP contribution in [0.15, 0.2) is 41.5 Å². The van der Waals surface area contributed by atoms with Crippen LogP contribution in [-0.4, -0.2) is 46.0 Å². The van der Waals surface area contributed by atoms with Crippen molar-refractivity contribution in [3.8, 4) is 0 Å². The average Bonchev–Trinajstić information content (AvgIpc) is 2.77.